The van der Waals surface area contributed by atoms with E-state index in [4.69, 9.17) is 4.74 Å². The molecule has 0 N–H and O–H groups in total. The molecule has 0 amide bonds. The third kappa shape index (κ3) is 4.10. The Morgan fingerprint density at radius 2 is 1.89 bits per heavy atom. The maximum absolute atomic E-state index is 11.3. The predicted octanol–water partition coefficient (Wildman–Crippen LogP) is 2.85. The fourth-order valence-electron chi connectivity index (χ4n) is 1.80. The Labute approximate surface area is 116 Å². The molecule has 1 rings (SSSR count). The van der Waals surface area contributed by atoms with Gasteiger partial charge in [-0.15, -0.1) is 13.2 Å². The van der Waals surface area contributed by atoms with Crippen molar-refractivity contribution >= 4 is 14.8 Å². The summed E-state index contributed by atoms with van der Waals surface area (Å²) in [4.78, 5) is 11.3. The minimum Gasteiger partial charge on any atom is -0.494 e. The van der Waals surface area contributed by atoms with Crippen LogP contribution in [0.5, 0.6) is 5.75 Å². The summed E-state index contributed by atoms with van der Waals surface area (Å²) in [6.07, 6.45) is 0.910. The monoisotopic (exact) mass is 276 g/mol. The van der Waals surface area contributed by atoms with Crippen LogP contribution in [-0.2, 0) is 4.74 Å². The van der Waals surface area contributed by atoms with Crippen LogP contribution in [0.3, 0.4) is 0 Å². The number of ether oxygens (including phenoxy) is 2. The van der Waals surface area contributed by atoms with Crippen molar-refractivity contribution in [3.63, 3.8) is 0 Å². The minimum atomic E-state index is -1.30. The first-order chi connectivity index (χ1) is 9.15. The van der Waals surface area contributed by atoms with Crippen molar-refractivity contribution in [1.29, 1.82) is 0 Å². The molecule has 4 heteroatoms. The lowest BCUT2D eigenvalue weighted by Crippen LogP contribution is -2.32. The van der Waals surface area contributed by atoms with Gasteiger partial charge in [-0.25, -0.2) is 4.79 Å². The number of carbonyl (C=O) groups excluding carboxylic acids is 1. The molecule has 1 aromatic carbocycles. The van der Waals surface area contributed by atoms with Gasteiger partial charge in [0.1, 0.15) is 14.5 Å². The third-order valence-corrected chi connectivity index (χ3v) is 5.49. The van der Waals surface area contributed by atoms with Gasteiger partial charge in [0, 0.05) is 0 Å². The van der Waals surface area contributed by atoms with Gasteiger partial charge in [-0.05, 0) is 30.7 Å². The van der Waals surface area contributed by atoms with Crippen molar-refractivity contribution in [2.45, 2.75) is 19.1 Å². The second kappa shape index (κ2) is 7.58. The Hall–Kier alpha value is -1.81. The van der Waals surface area contributed by atoms with E-state index in [-0.39, 0.29) is 11.7 Å². The van der Waals surface area contributed by atoms with E-state index in [0.29, 0.717) is 5.56 Å². The van der Waals surface area contributed by atoms with Crippen molar-refractivity contribution in [3.05, 3.63) is 54.4 Å². The smallest absolute Gasteiger partial charge is 0.337 e. The number of methoxy groups -OCH3 is 1. The Morgan fingerprint density at radius 1 is 1.32 bits per heavy atom. The molecule has 0 fully saturated rings. The first-order valence-electron chi connectivity index (χ1n) is 6.26. The van der Waals surface area contributed by atoms with Gasteiger partial charge in [-0.2, -0.15) is 0 Å². The van der Waals surface area contributed by atoms with Gasteiger partial charge < -0.3 is 9.47 Å². The van der Waals surface area contributed by atoms with Gasteiger partial charge in [0.25, 0.3) is 0 Å². The summed E-state index contributed by atoms with van der Waals surface area (Å²) in [5.41, 5.74) is 4.58. The number of hydrogen-bond acceptors (Lipinski definition) is 3. The molecular weight excluding hydrogens is 256 g/mol. The average molecular weight is 276 g/mol. The molecule has 0 spiro atoms. The highest BCUT2D eigenvalue weighted by Crippen LogP contribution is 2.17. The van der Waals surface area contributed by atoms with E-state index in [2.05, 4.69) is 24.8 Å². The predicted molar refractivity (Wildman–Crippen MR) is 80.0 cm³/mol. The van der Waals surface area contributed by atoms with E-state index in [1.165, 1.54) is 7.11 Å². The molecule has 1 atom stereocenters. The van der Waals surface area contributed by atoms with Crippen molar-refractivity contribution in [3.8, 4) is 5.75 Å². The van der Waals surface area contributed by atoms with E-state index >= 15 is 0 Å². The summed E-state index contributed by atoms with van der Waals surface area (Å²) in [7, 11) is 0.0642. The van der Waals surface area contributed by atoms with Crippen LogP contribution >= 0.6 is 0 Å². The lowest BCUT2D eigenvalue weighted by molar-refractivity contribution is 0.0600. The molecule has 0 aliphatic heterocycles. The topological polar surface area (TPSA) is 35.5 Å². The molecule has 0 saturated heterocycles. The number of carbonyl (C=O) groups is 1. The van der Waals surface area contributed by atoms with Gasteiger partial charge >= 0.3 is 5.97 Å². The first kappa shape index (κ1) is 15.2. The Kier molecular flexibility index (Phi) is 6.09. The standard InChI is InChI=1S/C15H20O3Si/c1-5-14(19(6-2)7-3)18-13-10-8-12(9-11-13)15(16)17-4/h6-11,14,19H,2-3,5H2,1,4H3. The summed E-state index contributed by atoms with van der Waals surface area (Å²) in [5, 5.41) is 0. The molecule has 0 aliphatic rings. The van der Waals surface area contributed by atoms with Gasteiger partial charge in [0.2, 0.25) is 0 Å². The molecule has 0 saturated carbocycles. The van der Waals surface area contributed by atoms with E-state index < -0.39 is 8.80 Å². The molecular formula is C15H20O3Si. The zero-order chi connectivity index (χ0) is 14.3. The Balaban J connectivity index is 2.78. The van der Waals surface area contributed by atoms with Crippen molar-refractivity contribution in [2.24, 2.45) is 0 Å². The molecule has 102 valence electrons. The lowest BCUT2D eigenvalue weighted by Gasteiger charge is -2.21. The van der Waals surface area contributed by atoms with Gasteiger partial charge in [0.15, 0.2) is 0 Å². The van der Waals surface area contributed by atoms with Crippen LogP contribution in [0.25, 0.3) is 0 Å². The molecule has 0 aromatic heterocycles. The molecule has 1 unspecified atom stereocenters. The highest BCUT2D eigenvalue weighted by Gasteiger charge is 2.17. The van der Waals surface area contributed by atoms with E-state index in [0.717, 1.165) is 12.2 Å². The van der Waals surface area contributed by atoms with Crippen LogP contribution in [0.15, 0.2) is 48.8 Å². The molecule has 0 bridgehead atoms. The summed E-state index contributed by atoms with van der Waals surface area (Å²) in [5.74, 6) is 0.406. The van der Waals surface area contributed by atoms with Gasteiger partial charge in [-0.3, -0.25) is 0 Å². The summed E-state index contributed by atoms with van der Waals surface area (Å²) in [6.45, 7) is 9.76. The third-order valence-electron chi connectivity index (χ3n) is 2.94. The zero-order valence-corrected chi connectivity index (χ0v) is 12.6. The van der Waals surface area contributed by atoms with Crippen molar-refractivity contribution in [1.82, 2.24) is 0 Å². The van der Waals surface area contributed by atoms with E-state index in [9.17, 15) is 4.79 Å². The Bertz CT molecular complexity index is 431. The number of hydrogen-bond donors (Lipinski definition) is 0. The normalized spacial score (nSPS) is 11.7. The molecule has 0 radical (unpaired) electrons. The largest absolute Gasteiger partial charge is 0.494 e. The second-order valence-corrected chi connectivity index (χ2v) is 6.97. The minimum absolute atomic E-state index is 0.138. The molecule has 0 aliphatic carbocycles. The number of benzene rings is 1. The lowest BCUT2D eigenvalue weighted by atomic mass is 10.2. The number of esters is 1. The quantitative estimate of drug-likeness (QED) is 0.567. The highest BCUT2D eigenvalue weighted by atomic mass is 28.3. The van der Waals surface area contributed by atoms with Gasteiger partial charge in [-0.1, -0.05) is 18.3 Å². The second-order valence-electron chi connectivity index (χ2n) is 4.13. The first-order valence-corrected chi connectivity index (χ1v) is 8.26. The van der Waals surface area contributed by atoms with Crippen LogP contribution in [0.2, 0.25) is 0 Å². The summed E-state index contributed by atoms with van der Waals surface area (Å²) < 4.78 is 10.6. The fourth-order valence-corrected chi connectivity index (χ4v) is 3.45. The molecule has 19 heavy (non-hydrogen) atoms. The maximum atomic E-state index is 11.3. The fraction of sp³-hybridized carbons (Fsp3) is 0.267. The SMILES string of the molecule is C=C[SiH](C=C)C(CC)Oc1ccc(C(=O)OC)cc1. The van der Waals surface area contributed by atoms with Crippen LogP contribution in [0.1, 0.15) is 23.7 Å². The van der Waals surface area contributed by atoms with E-state index in [1.54, 1.807) is 24.3 Å². The maximum Gasteiger partial charge on any atom is 0.337 e. The Morgan fingerprint density at radius 3 is 2.32 bits per heavy atom. The van der Waals surface area contributed by atoms with E-state index in [1.807, 2.05) is 11.4 Å². The number of rotatable bonds is 7. The highest BCUT2D eigenvalue weighted by molar-refractivity contribution is 6.70. The summed E-state index contributed by atoms with van der Waals surface area (Å²) in [6, 6.07) is 6.97. The molecule has 3 nitrogen and oxygen atoms in total. The molecule has 1 aromatic rings. The molecule has 0 heterocycles. The van der Waals surface area contributed by atoms with Gasteiger partial charge in [0.05, 0.1) is 18.4 Å². The van der Waals surface area contributed by atoms with Crippen molar-refractivity contribution in [2.75, 3.05) is 7.11 Å². The van der Waals surface area contributed by atoms with Crippen LogP contribution in [-0.4, -0.2) is 27.6 Å². The van der Waals surface area contributed by atoms with Crippen molar-refractivity contribution < 1.29 is 14.3 Å². The zero-order valence-electron chi connectivity index (χ0n) is 11.5. The summed E-state index contributed by atoms with van der Waals surface area (Å²) >= 11 is 0. The van der Waals surface area contributed by atoms with Crippen LogP contribution in [0, 0.1) is 0 Å². The van der Waals surface area contributed by atoms with Crippen LogP contribution in [0.4, 0.5) is 0 Å². The van der Waals surface area contributed by atoms with Crippen LogP contribution < -0.4 is 4.74 Å². The average Bonchev–Trinajstić information content (AvgIpc) is 2.47.